The molecule has 174 valence electrons. The Morgan fingerprint density at radius 1 is 1.12 bits per heavy atom. The summed E-state index contributed by atoms with van der Waals surface area (Å²) in [6, 6.07) is 13.6. The first kappa shape index (κ1) is 22.3. The molecule has 0 radical (unpaired) electrons. The number of carbonyl (C=O) groups is 1. The number of hydrogen-bond donors (Lipinski definition) is 2. The topological polar surface area (TPSA) is 84.2 Å². The average Bonchev–Trinajstić information content (AvgIpc) is 3.61. The molecule has 0 aliphatic heterocycles. The molecular formula is C26H27ClN6O. The molecule has 3 heterocycles. The van der Waals surface area contributed by atoms with Gasteiger partial charge in [0, 0.05) is 29.4 Å². The van der Waals surface area contributed by atoms with Gasteiger partial charge in [-0.05, 0) is 54.0 Å². The molecular weight excluding hydrogens is 448 g/mol. The largest absolute Gasteiger partial charge is 0.364 e. The van der Waals surface area contributed by atoms with Gasteiger partial charge in [-0.25, -0.2) is 15.0 Å². The summed E-state index contributed by atoms with van der Waals surface area (Å²) in [7, 11) is 0. The molecule has 1 aliphatic rings. The predicted octanol–water partition coefficient (Wildman–Crippen LogP) is 5.65. The molecule has 1 saturated carbocycles. The van der Waals surface area contributed by atoms with Gasteiger partial charge in [0.1, 0.15) is 23.6 Å². The minimum absolute atomic E-state index is 0.00797. The number of rotatable bonds is 8. The molecule has 5 rings (SSSR count). The number of hydrogen-bond acceptors (Lipinski definition) is 5. The predicted molar refractivity (Wildman–Crippen MR) is 134 cm³/mol. The van der Waals surface area contributed by atoms with E-state index in [1.165, 1.54) is 24.7 Å². The van der Waals surface area contributed by atoms with Crippen LogP contribution in [-0.2, 0) is 11.3 Å². The van der Waals surface area contributed by atoms with Gasteiger partial charge >= 0.3 is 0 Å². The highest BCUT2D eigenvalue weighted by Crippen LogP contribution is 2.39. The van der Waals surface area contributed by atoms with Crippen molar-refractivity contribution in [1.82, 2.24) is 19.4 Å². The van der Waals surface area contributed by atoms with E-state index in [1.807, 2.05) is 44.3 Å². The summed E-state index contributed by atoms with van der Waals surface area (Å²) in [6.45, 7) is 4.44. The Kier molecular flexibility index (Phi) is 6.20. The number of pyridine rings is 1. The number of benzene rings is 1. The third kappa shape index (κ3) is 5.04. The van der Waals surface area contributed by atoms with Crippen LogP contribution in [0.1, 0.15) is 55.3 Å². The molecule has 0 bridgehead atoms. The minimum atomic E-state index is -0.261. The van der Waals surface area contributed by atoms with Crippen LogP contribution in [-0.4, -0.2) is 25.3 Å². The Bertz CT molecular complexity index is 1330. The number of aromatic nitrogens is 4. The number of anilines is 2. The van der Waals surface area contributed by atoms with Crippen molar-refractivity contribution in [3.05, 3.63) is 83.0 Å². The highest BCUT2D eigenvalue weighted by Gasteiger charge is 2.24. The lowest BCUT2D eigenvalue weighted by Gasteiger charge is -2.20. The van der Waals surface area contributed by atoms with Crippen LogP contribution in [0.2, 0.25) is 5.02 Å². The first-order chi connectivity index (χ1) is 16.5. The quantitative estimate of drug-likeness (QED) is 0.345. The standard InChI is InChI=1S/C26H27ClN6O/c1-16(19-4-3-5-21(27)10-19)17(2)26(34)32-24-11-23(29-15-30-24)28-12-22-14-33-13-20(18-6-7-18)8-9-25(33)31-22/h3-5,8-11,13-18H,6-7,12H2,1-2H3,(H2,28,29,30,32,34)/t16-,17+/m0/s1. The molecule has 4 aromatic rings. The lowest BCUT2D eigenvalue weighted by molar-refractivity contribution is -0.119. The van der Waals surface area contributed by atoms with Crippen LogP contribution >= 0.6 is 11.6 Å². The number of amides is 1. The van der Waals surface area contributed by atoms with E-state index in [4.69, 9.17) is 11.6 Å². The van der Waals surface area contributed by atoms with Crippen LogP contribution < -0.4 is 10.6 Å². The Balaban J connectivity index is 1.21. The number of nitrogens with zero attached hydrogens (tertiary/aromatic N) is 4. The Labute approximate surface area is 203 Å². The highest BCUT2D eigenvalue weighted by atomic mass is 35.5. The van der Waals surface area contributed by atoms with Gasteiger partial charge in [0.05, 0.1) is 12.2 Å². The van der Waals surface area contributed by atoms with Crippen LogP contribution in [0.4, 0.5) is 11.6 Å². The van der Waals surface area contributed by atoms with E-state index in [0.717, 1.165) is 16.9 Å². The van der Waals surface area contributed by atoms with Crippen molar-refractivity contribution in [3.63, 3.8) is 0 Å². The molecule has 1 fully saturated rings. The molecule has 0 unspecified atom stereocenters. The van der Waals surface area contributed by atoms with Crippen LogP contribution in [0.5, 0.6) is 0 Å². The zero-order valence-corrected chi connectivity index (χ0v) is 20.0. The summed E-state index contributed by atoms with van der Waals surface area (Å²) in [5.74, 6) is 1.42. The molecule has 0 saturated heterocycles. The fourth-order valence-electron chi connectivity index (χ4n) is 4.05. The number of carbonyl (C=O) groups excluding carboxylic acids is 1. The van der Waals surface area contributed by atoms with Crippen molar-refractivity contribution in [1.29, 1.82) is 0 Å². The van der Waals surface area contributed by atoms with Gasteiger partial charge in [-0.3, -0.25) is 4.79 Å². The molecule has 8 heteroatoms. The van der Waals surface area contributed by atoms with Crippen molar-refractivity contribution >= 4 is 34.8 Å². The molecule has 1 aromatic carbocycles. The maximum atomic E-state index is 12.8. The lowest BCUT2D eigenvalue weighted by Crippen LogP contribution is -2.25. The average molecular weight is 475 g/mol. The van der Waals surface area contributed by atoms with Gasteiger partial charge in [0.25, 0.3) is 0 Å². The SMILES string of the molecule is C[C@H](c1cccc(Cl)c1)[C@@H](C)C(=O)Nc1cc(NCc2cn3cc(C4CC4)ccc3n2)ncn1. The number of imidazole rings is 1. The first-order valence-electron chi connectivity index (χ1n) is 11.6. The van der Waals surface area contributed by atoms with Crippen LogP contribution in [0.25, 0.3) is 5.65 Å². The third-order valence-corrected chi connectivity index (χ3v) is 6.71. The maximum Gasteiger partial charge on any atom is 0.228 e. The molecule has 2 N–H and O–H groups in total. The minimum Gasteiger partial charge on any atom is -0.364 e. The van der Waals surface area contributed by atoms with E-state index in [2.05, 4.69) is 48.3 Å². The van der Waals surface area contributed by atoms with Gasteiger partial charge in [-0.1, -0.05) is 43.6 Å². The Hall–Kier alpha value is -3.45. The Morgan fingerprint density at radius 2 is 1.94 bits per heavy atom. The lowest BCUT2D eigenvalue weighted by atomic mass is 9.88. The molecule has 2 atom stereocenters. The van der Waals surface area contributed by atoms with E-state index >= 15 is 0 Å². The van der Waals surface area contributed by atoms with E-state index in [1.54, 1.807) is 6.07 Å². The van der Waals surface area contributed by atoms with Gasteiger partial charge < -0.3 is 15.0 Å². The zero-order chi connectivity index (χ0) is 23.7. The van der Waals surface area contributed by atoms with Crippen molar-refractivity contribution in [2.45, 2.75) is 45.1 Å². The molecule has 34 heavy (non-hydrogen) atoms. The first-order valence-corrected chi connectivity index (χ1v) is 11.9. The smallest absolute Gasteiger partial charge is 0.228 e. The molecule has 1 aliphatic carbocycles. The summed E-state index contributed by atoms with van der Waals surface area (Å²) in [4.78, 5) is 26.0. The van der Waals surface area contributed by atoms with Gasteiger partial charge in [-0.15, -0.1) is 0 Å². The van der Waals surface area contributed by atoms with E-state index < -0.39 is 0 Å². The second kappa shape index (κ2) is 9.43. The number of nitrogens with one attached hydrogen (secondary N) is 2. The highest BCUT2D eigenvalue weighted by molar-refractivity contribution is 6.30. The second-order valence-electron chi connectivity index (χ2n) is 9.00. The fraction of sp³-hybridized carbons (Fsp3) is 0.308. The number of fused-ring (bicyclic) bond motifs is 1. The van der Waals surface area contributed by atoms with Gasteiger partial charge in [0.2, 0.25) is 5.91 Å². The monoisotopic (exact) mass is 474 g/mol. The molecule has 7 nitrogen and oxygen atoms in total. The van der Waals surface area contributed by atoms with E-state index in [9.17, 15) is 4.79 Å². The fourth-order valence-corrected chi connectivity index (χ4v) is 4.25. The third-order valence-electron chi connectivity index (χ3n) is 6.48. The summed E-state index contributed by atoms with van der Waals surface area (Å²) in [5.41, 5.74) is 4.25. The normalized spacial score (nSPS) is 15.1. The molecule has 3 aromatic heterocycles. The van der Waals surface area contributed by atoms with Gasteiger partial charge in [0.15, 0.2) is 0 Å². The van der Waals surface area contributed by atoms with Crippen molar-refractivity contribution in [2.75, 3.05) is 10.6 Å². The maximum absolute atomic E-state index is 12.8. The van der Waals surface area contributed by atoms with E-state index in [-0.39, 0.29) is 17.7 Å². The summed E-state index contributed by atoms with van der Waals surface area (Å²) in [6.07, 6.45) is 8.21. The molecule has 0 spiro atoms. The summed E-state index contributed by atoms with van der Waals surface area (Å²) in [5, 5.41) is 6.85. The summed E-state index contributed by atoms with van der Waals surface area (Å²) >= 11 is 6.11. The second-order valence-corrected chi connectivity index (χ2v) is 9.43. The van der Waals surface area contributed by atoms with Crippen LogP contribution in [0.3, 0.4) is 0 Å². The number of halogens is 1. The zero-order valence-electron chi connectivity index (χ0n) is 19.2. The summed E-state index contributed by atoms with van der Waals surface area (Å²) < 4.78 is 2.08. The van der Waals surface area contributed by atoms with Crippen molar-refractivity contribution < 1.29 is 4.79 Å². The van der Waals surface area contributed by atoms with Gasteiger partial charge in [-0.2, -0.15) is 0 Å². The van der Waals surface area contributed by atoms with Crippen LogP contribution in [0, 0.1) is 5.92 Å². The Morgan fingerprint density at radius 3 is 2.74 bits per heavy atom. The van der Waals surface area contributed by atoms with Crippen molar-refractivity contribution in [2.24, 2.45) is 5.92 Å². The van der Waals surface area contributed by atoms with E-state index in [0.29, 0.717) is 29.1 Å². The van der Waals surface area contributed by atoms with Crippen molar-refractivity contribution in [3.8, 4) is 0 Å². The van der Waals surface area contributed by atoms with Crippen LogP contribution in [0.15, 0.2) is 61.2 Å². The molecule has 1 amide bonds.